The van der Waals surface area contributed by atoms with Crippen molar-refractivity contribution in [3.63, 3.8) is 0 Å². The molecular weight excluding hydrogens is 396 g/mol. The molecule has 0 unspecified atom stereocenters. The van der Waals surface area contributed by atoms with Gasteiger partial charge in [0.1, 0.15) is 0 Å². The van der Waals surface area contributed by atoms with Crippen LogP contribution in [-0.2, 0) is 18.3 Å². The first kappa shape index (κ1) is 18.3. The predicted molar refractivity (Wildman–Crippen MR) is 112 cm³/mol. The second-order valence-electron chi connectivity index (χ2n) is 6.19. The van der Waals surface area contributed by atoms with Crippen LogP contribution in [0.25, 0.3) is 22.0 Å². The smallest absolute Gasteiger partial charge is 0.274 e. The lowest BCUT2D eigenvalue weighted by Gasteiger charge is -2.07. The van der Waals surface area contributed by atoms with E-state index < -0.39 is 0 Å². The van der Waals surface area contributed by atoms with E-state index in [1.807, 2.05) is 23.6 Å². The van der Waals surface area contributed by atoms with E-state index >= 15 is 0 Å². The number of rotatable bonds is 4. The van der Waals surface area contributed by atoms with Gasteiger partial charge in [-0.05, 0) is 18.2 Å². The molecule has 0 aliphatic carbocycles. The van der Waals surface area contributed by atoms with Crippen LogP contribution in [0.1, 0.15) is 5.69 Å². The Bertz CT molecular complexity index is 1230. The van der Waals surface area contributed by atoms with Gasteiger partial charge < -0.3 is 5.32 Å². The fourth-order valence-electron chi connectivity index (χ4n) is 2.91. The summed E-state index contributed by atoms with van der Waals surface area (Å²) in [6.07, 6.45) is 0.0461. The lowest BCUT2D eigenvalue weighted by atomic mass is 10.1. The monoisotopic (exact) mass is 410 g/mol. The zero-order valence-electron chi connectivity index (χ0n) is 14.8. The van der Waals surface area contributed by atoms with Gasteiger partial charge in [-0.25, -0.2) is 9.67 Å². The number of carbonyl (C=O) groups excluding carboxylic acids is 1. The molecule has 6 nitrogen and oxygen atoms in total. The molecule has 0 bridgehead atoms. The number of aryl methyl sites for hydroxylation is 1. The Balaban J connectivity index is 1.54. The van der Waals surface area contributed by atoms with E-state index in [4.69, 9.17) is 11.6 Å². The summed E-state index contributed by atoms with van der Waals surface area (Å²) in [7, 11) is 1.58. The maximum absolute atomic E-state index is 12.5. The van der Waals surface area contributed by atoms with Crippen LogP contribution in [0.15, 0.2) is 58.7 Å². The van der Waals surface area contributed by atoms with Gasteiger partial charge in [0.25, 0.3) is 5.56 Å². The summed E-state index contributed by atoms with van der Waals surface area (Å²) in [5, 5.41) is 11.3. The number of hydrogen-bond donors (Lipinski definition) is 1. The third-order valence-corrected chi connectivity index (χ3v) is 5.26. The SMILES string of the molecule is Cn1nc(CC(=O)Nc2nc(-c3ccc(Cl)cc3)cs2)c2ccccc2c1=O. The third-order valence-electron chi connectivity index (χ3n) is 4.25. The molecule has 0 saturated carbocycles. The molecule has 28 heavy (non-hydrogen) atoms. The van der Waals surface area contributed by atoms with Crippen molar-refractivity contribution >= 4 is 44.7 Å². The molecular formula is C20H15ClN4O2S. The minimum Gasteiger partial charge on any atom is -0.302 e. The molecule has 1 N–H and O–H groups in total. The average Bonchev–Trinajstić information content (AvgIpc) is 3.15. The Morgan fingerprint density at radius 2 is 1.86 bits per heavy atom. The van der Waals surface area contributed by atoms with Crippen LogP contribution >= 0.6 is 22.9 Å². The maximum Gasteiger partial charge on any atom is 0.274 e. The molecule has 0 saturated heterocycles. The number of thiazole rings is 1. The van der Waals surface area contributed by atoms with Gasteiger partial charge >= 0.3 is 0 Å². The second kappa shape index (κ2) is 7.53. The third kappa shape index (κ3) is 3.67. The number of hydrogen-bond acceptors (Lipinski definition) is 5. The fraction of sp³-hybridized carbons (Fsp3) is 0.100. The van der Waals surface area contributed by atoms with Gasteiger partial charge in [-0.15, -0.1) is 11.3 Å². The maximum atomic E-state index is 12.5. The molecule has 0 radical (unpaired) electrons. The van der Waals surface area contributed by atoms with Gasteiger partial charge in [0, 0.05) is 28.4 Å². The van der Waals surface area contributed by atoms with E-state index in [2.05, 4.69) is 15.4 Å². The van der Waals surface area contributed by atoms with Gasteiger partial charge in [-0.1, -0.05) is 41.9 Å². The van der Waals surface area contributed by atoms with Crippen molar-refractivity contribution in [3.05, 3.63) is 75.0 Å². The van der Waals surface area contributed by atoms with Crippen LogP contribution in [0.5, 0.6) is 0 Å². The highest BCUT2D eigenvalue weighted by Crippen LogP contribution is 2.26. The quantitative estimate of drug-likeness (QED) is 0.553. The summed E-state index contributed by atoms with van der Waals surface area (Å²) < 4.78 is 1.26. The van der Waals surface area contributed by atoms with Crippen LogP contribution in [0.3, 0.4) is 0 Å². The minimum atomic E-state index is -0.242. The number of nitrogens with zero attached hydrogens (tertiary/aromatic N) is 3. The number of halogens is 1. The number of fused-ring (bicyclic) bond motifs is 1. The lowest BCUT2D eigenvalue weighted by molar-refractivity contribution is -0.115. The minimum absolute atomic E-state index is 0.0461. The lowest BCUT2D eigenvalue weighted by Crippen LogP contribution is -2.24. The number of carbonyl (C=O) groups is 1. The Hall–Kier alpha value is -3.03. The molecule has 4 aromatic rings. The highest BCUT2D eigenvalue weighted by atomic mass is 35.5. The largest absolute Gasteiger partial charge is 0.302 e. The number of nitrogens with one attached hydrogen (secondary N) is 1. The van der Waals surface area contributed by atoms with E-state index in [-0.39, 0.29) is 17.9 Å². The normalized spacial score (nSPS) is 10.9. The molecule has 0 fully saturated rings. The first-order chi connectivity index (χ1) is 13.5. The first-order valence-corrected chi connectivity index (χ1v) is 9.73. The van der Waals surface area contributed by atoms with E-state index in [0.29, 0.717) is 26.6 Å². The van der Waals surface area contributed by atoms with Crippen molar-refractivity contribution < 1.29 is 4.79 Å². The van der Waals surface area contributed by atoms with E-state index in [1.54, 1.807) is 37.4 Å². The Labute approximate surface area is 169 Å². The van der Waals surface area contributed by atoms with Crippen molar-refractivity contribution in [3.8, 4) is 11.3 Å². The first-order valence-electron chi connectivity index (χ1n) is 8.47. The fourth-order valence-corrected chi connectivity index (χ4v) is 3.77. The zero-order chi connectivity index (χ0) is 19.7. The molecule has 0 atom stereocenters. The van der Waals surface area contributed by atoms with Gasteiger partial charge in [0.15, 0.2) is 5.13 Å². The highest BCUT2D eigenvalue weighted by molar-refractivity contribution is 7.14. The van der Waals surface area contributed by atoms with Crippen molar-refractivity contribution in [1.82, 2.24) is 14.8 Å². The van der Waals surface area contributed by atoms with E-state index in [1.165, 1.54) is 16.0 Å². The summed E-state index contributed by atoms with van der Waals surface area (Å²) in [6.45, 7) is 0. The van der Waals surface area contributed by atoms with Crippen LogP contribution in [-0.4, -0.2) is 20.7 Å². The molecule has 8 heteroatoms. The summed E-state index contributed by atoms with van der Waals surface area (Å²) >= 11 is 7.26. The number of anilines is 1. The van der Waals surface area contributed by atoms with E-state index in [9.17, 15) is 9.59 Å². The van der Waals surface area contributed by atoms with Crippen LogP contribution in [0.2, 0.25) is 5.02 Å². The topological polar surface area (TPSA) is 76.9 Å². The molecule has 0 spiro atoms. The van der Waals surface area contributed by atoms with Gasteiger partial charge in [-0.3, -0.25) is 9.59 Å². The van der Waals surface area contributed by atoms with Crippen molar-refractivity contribution in [2.45, 2.75) is 6.42 Å². The molecule has 2 aromatic carbocycles. The van der Waals surface area contributed by atoms with Gasteiger partial charge in [-0.2, -0.15) is 5.10 Å². The van der Waals surface area contributed by atoms with Gasteiger partial charge in [0.2, 0.25) is 5.91 Å². The Morgan fingerprint density at radius 1 is 1.14 bits per heavy atom. The summed E-state index contributed by atoms with van der Waals surface area (Å²) in [6, 6.07) is 14.5. The van der Waals surface area contributed by atoms with Crippen LogP contribution in [0, 0.1) is 0 Å². The second-order valence-corrected chi connectivity index (χ2v) is 7.49. The zero-order valence-corrected chi connectivity index (χ0v) is 16.4. The highest BCUT2D eigenvalue weighted by Gasteiger charge is 2.14. The van der Waals surface area contributed by atoms with Crippen molar-refractivity contribution in [1.29, 1.82) is 0 Å². The van der Waals surface area contributed by atoms with E-state index in [0.717, 1.165) is 11.3 Å². The summed E-state index contributed by atoms with van der Waals surface area (Å²) in [5.74, 6) is -0.242. The molecule has 2 heterocycles. The number of aromatic nitrogens is 3. The van der Waals surface area contributed by atoms with Crippen LogP contribution < -0.4 is 10.9 Å². The molecule has 1 amide bonds. The number of benzene rings is 2. The molecule has 2 aromatic heterocycles. The number of amides is 1. The molecule has 0 aliphatic heterocycles. The predicted octanol–water partition coefficient (Wildman–Crippen LogP) is 3.89. The molecule has 4 rings (SSSR count). The summed E-state index contributed by atoms with van der Waals surface area (Å²) in [5.41, 5.74) is 2.05. The van der Waals surface area contributed by atoms with Gasteiger partial charge in [0.05, 0.1) is 23.2 Å². The van der Waals surface area contributed by atoms with Crippen LogP contribution in [0.4, 0.5) is 5.13 Å². The summed E-state index contributed by atoms with van der Waals surface area (Å²) in [4.78, 5) is 29.2. The Kier molecular flexibility index (Phi) is 4.93. The molecule has 140 valence electrons. The van der Waals surface area contributed by atoms with Crippen molar-refractivity contribution in [2.75, 3.05) is 5.32 Å². The standard InChI is InChI=1S/C20H15ClN4O2S/c1-25-19(27)15-5-3-2-4-14(15)16(24-25)10-18(26)23-20-22-17(11-28-20)12-6-8-13(21)9-7-12/h2-9,11H,10H2,1H3,(H,22,23,26). The average molecular weight is 411 g/mol. The molecule has 0 aliphatic rings. The Morgan fingerprint density at radius 3 is 2.61 bits per heavy atom. The van der Waals surface area contributed by atoms with Crippen molar-refractivity contribution in [2.24, 2.45) is 7.05 Å².